The van der Waals surface area contributed by atoms with Gasteiger partial charge in [0.2, 0.25) is 0 Å². The third kappa shape index (κ3) is 1.81. The summed E-state index contributed by atoms with van der Waals surface area (Å²) < 4.78 is 0. The van der Waals surface area contributed by atoms with Crippen LogP contribution in [-0.2, 0) is 0 Å². The van der Waals surface area contributed by atoms with Gasteiger partial charge in [0.05, 0.1) is 4.99 Å². The largest absolute Gasteiger partial charge is 0.365 e. The topological polar surface area (TPSA) is 3.24 Å². The van der Waals surface area contributed by atoms with Gasteiger partial charge in [-0.25, -0.2) is 0 Å². The second-order valence-electron chi connectivity index (χ2n) is 5.91. The number of thiocarbonyl (C=S) groups is 1. The zero-order valence-corrected chi connectivity index (χ0v) is 10.4. The van der Waals surface area contributed by atoms with Crippen molar-refractivity contribution in [2.75, 3.05) is 13.1 Å². The molecule has 0 aromatic heterocycles. The normalized spacial score (nSPS) is 32.1. The van der Waals surface area contributed by atoms with Gasteiger partial charge >= 0.3 is 0 Å². The van der Waals surface area contributed by atoms with Gasteiger partial charge in [0.15, 0.2) is 0 Å². The number of hydrogen-bond acceptors (Lipinski definition) is 1. The van der Waals surface area contributed by atoms with Crippen molar-refractivity contribution in [3.63, 3.8) is 0 Å². The Kier molecular flexibility index (Phi) is 2.59. The lowest BCUT2D eigenvalue weighted by atomic mass is 9.96. The van der Waals surface area contributed by atoms with Crippen molar-refractivity contribution in [1.82, 2.24) is 4.90 Å². The molecule has 0 radical (unpaired) electrons. The minimum absolute atomic E-state index is 0.175. The summed E-state index contributed by atoms with van der Waals surface area (Å²) in [7, 11) is 0. The highest BCUT2D eigenvalue weighted by Crippen LogP contribution is 2.39. The van der Waals surface area contributed by atoms with Crippen molar-refractivity contribution in [2.24, 2.45) is 17.3 Å². The highest BCUT2D eigenvalue weighted by molar-refractivity contribution is 7.80. The van der Waals surface area contributed by atoms with Gasteiger partial charge in [-0.2, -0.15) is 0 Å². The van der Waals surface area contributed by atoms with E-state index in [0.717, 1.165) is 11.8 Å². The molecule has 2 aliphatic rings. The minimum Gasteiger partial charge on any atom is -0.365 e. The molecule has 0 N–H and O–H groups in total. The molecular formula is C12H21NS. The van der Waals surface area contributed by atoms with E-state index in [-0.39, 0.29) is 5.41 Å². The summed E-state index contributed by atoms with van der Waals surface area (Å²) in [6, 6.07) is 0. The highest BCUT2D eigenvalue weighted by Gasteiger charge is 2.38. The molecule has 1 saturated carbocycles. The summed E-state index contributed by atoms with van der Waals surface area (Å²) in [5, 5.41) is 0. The Balaban J connectivity index is 1.99. The van der Waals surface area contributed by atoms with Crippen molar-refractivity contribution in [1.29, 1.82) is 0 Å². The van der Waals surface area contributed by atoms with Gasteiger partial charge in [-0.3, -0.25) is 0 Å². The van der Waals surface area contributed by atoms with Crippen LogP contribution >= 0.6 is 12.2 Å². The first-order valence-electron chi connectivity index (χ1n) is 5.78. The van der Waals surface area contributed by atoms with Crippen LogP contribution in [0.25, 0.3) is 0 Å². The van der Waals surface area contributed by atoms with Crippen LogP contribution in [0.3, 0.4) is 0 Å². The molecule has 1 saturated heterocycles. The molecule has 1 nitrogen and oxygen atoms in total. The minimum atomic E-state index is 0.175. The summed E-state index contributed by atoms with van der Waals surface area (Å²) >= 11 is 5.55. The van der Waals surface area contributed by atoms with Gasteiger partial charge in [0.25, 0.3) is 0 Å². The Morgan fingerprint density at radius 1 is 1.14 bits per heavy atom. The third-order valence-electron chi connectivity index (χ3n) is 3.66. The second kappa shape index (κ2) is 3.48. The molecule has 2 atom stereocenters. The molecule has 14 heavy (non-hydrogen) atoms. The number of nitrogens with zero attached hydrogens (tertiary/aromatic N) is 1. The van der Waals surface area contributed by atoms with Crippen LogP contribution in [0.5, 0.6) is 0 Å². The SMILES string of the molecule is CC(C)(C)C(=S)N1C[C@H]2CCC[C@H]2C1. The summed E-state index contributed by atoms with van der Waals surface area (Å²) in [5.41, 5.74) is 0.175. The van der Waals surface area contributed by atoms with Crippen LogP contribution in [-0.4, -0.2) is 23.0 Å². The lowest BCUT2D eigenvalue weighted by Gasteiger charge is -2.29. The highest BCUT2D eigenvalue weighted by atomic mass is 32.1. The molecule has 0 bridgehead atoms. The van der Waals surface area contributed by atoms with E-state index in [0.29, 0.717) is 0 Å². The van der Waals surface area contributed by atoms with E-state index in [1.807, 2.05) is 0 Å². The zero-order valence-electron chi connectivity index (χ0n) is 9.55. The van der Waals surface area contributed by atoms with Gasteiger partial charge in [0, 0.05) is 18.5 Å². The lowest BCUT2D eigenvalue weighted by Crippen LogP contribution is -2.36. The van der Waals surface area contributed by atoms with Crippen LogP contribution < -0.4 is 0 Å². The standard InChI is InChI=1S/C12H21NS/c1-12(2,3)11(14)13-7-9-5-4-6-10(9)8-13/h9-10H,4-8H2,1-3H3/t9-,10+. The van der Waals surface area contributed by atoms with Crippen LogP contribution in [0.2, 0.25) is 0 Å². The number of hydrogen-bond donors (Lipinski definition) is 0. The van der Waals surface area contributed by atoms with E-state index in [1.54, 1.807) is 0 Å². The first-order valence-corrected chi connectivity index (χ1v) is 6.18. The Hall–Kier alpha value is -0.110. The van der Waals surface area contributed by atoms with E-state index in [9.17, 15) is 0 Å². The summed E-state index contributed by atoms with van der Waals surface area (Å²) in [6.45, 7) is 9.15. The molecule has 0 aromatic rings. The molecule has 0 spiro atoms. The molecule has 80 valence electrons. The Morgan fingerprint density at radius 3 is 2.07 bits per heavy atom. The maximum Gasteiger partial charge on any atom is 0.0833 e. The van der Waals surface area contributed by atoms with Gasteiger partial charge in [-0.1, -0.05) is 39.4 Å². The molecular weight excluding hydrogens is 190 g/mol. The Labute approximate surface area is 92.9 Å². The maximum absolute atomic E-state index is 5.55. The molecule has 0 aromatic carbocycles. The number of fused-ring (bicyclic) bond motifs is 1. The first kappa shape index (κ1) is 10.4. The van der Waals surface area contributed by atoms with E-state index >= 15 is 0 Å². The molecule has 0 amide bonds. The van der Waals surface area contributed by atoms with E-state index in [2.05, 4.69) is 25.7 Å². The number of likely N-dealkylation sites (tertiary alicyclic amines) is 1. The van der Waals surface area contributed by atoms with Crippen LogP contribution in [0.15, 0.2) is 0 Å². The maximum atomic E-state index is 5.55. The van der Waals surface area contributed by atoms with Crippen LogP contribution in [0.4, 0.5) is 0 Å². The van der Waals surface area contributed by atoms with Gasteiger partial charge in [0.1, 0.15) is 0 Å². The quantitative estimate of drug-likeness (QED) is 0.566. The monoisotopic (exact) mass is 211 g/mol. The van der Waals surface area contributed by atoms with Crippen LogP contribution in [0, 0.1) is 17.3 Å². The van der Waals surface area contributed by atoms with Crippen molar-refractivity contribution in [3.05, 3.63) is 0 Å². The van der Waals surface area contributed by atoms with Gasteiger partial charge in [-0.05, 0) is 24.7 Å². The fourth-order valence-electron chi connectivity index (χ4n) is 2.88. The lowest BCUT2D eigenvalue weighted by molar-refractivity contribution is 0.415. The molecule has 1 heterocycles. The van der Waals surface area contributed by atoms with Crippen molar-refractivity contribution >= 4 is 17.2 Å². The smallest absolute Gasteiger partial charge is 0.0833 e. The molecule has 0 unspecified atom stereocenters. The third-order valence-corrected chi connectivity index (χ3v) is 4.53. The predicted molar refractivity (Wildman–Crippen MR) is 64.5 cm³/mol. The fourth-order valence-corrected chi connectivity index (χ4v) is 3.02. The summed E-state index contributed by atoms with van der Waals surface area (Å²) in [4.78, 5) is 3.64. The fraction of sp³-hybridized carbons (Fsp3) is 0.917. The van der Waals surface area contributed by atoms with Crippen molar-refractivity contribution < 1.29 is 0 Å². The molecule has 2 heteroatoms. The van der Waals surface area contributed by atoms with Crippen LogP contribution in [0.1, 0.15) is 40.0 Å². The molecule has 2 fully saturated rings. The van der Waals surface area contributed by atoms with Crippen molar-refractivity contribution in [3.8, 4) is 0 Å². The van der Waals surface area contributed by atoms with E-state index in [1.165, 1.54) is 37.3 Å². The zero-order chi connectivity index (χ0) is 10.3. The average Bonchev–Trinajstić information content (AvgIpc) is 2.58. The first-order chi connectivity index (χ1) is 6.48. The molecule has 1 aliphatic heterocycles. The summed E-state index contributed by atoms with van der Waals surface area (Å²) in [5.74, 6) is 1.91. The molecule has 2 rings (SSSR count). The van der Waals surface area contributed by atoms with Gasteiger partial charge < -0.3 is 4.90 Å². The van der Waals surface area contributed by atoms with Crippen molar-refractivity contribution in [2.45, 2.75) is 40.0 Å². The Morgan fingerprint density at radius 2 is 1.64 bits per heavy atom. The molecule has 1 aliphatic carbocycles. The van der Waals surface area contributed by atoms with Gasteiger partial charge in [-0.15, -0.1) is 0 Å². The summed E-state index contributed by atoms with van der Waals surface area (Å²) in [6.07, 6.45) is 4.33. The predicted octanol–water partition coefficient (Wildman–Crippen LogP) is 3.09. The van der Waals surface area contributed by atoms with E-state index in [4.69, 9.17) is 12.2 Å². The van der Waals surface area contributed by atoms with E-state index < -0.39 is 0 Å². The average molecular weight is 211 g/mol. The Bertz CT molecular complexity index is 229. The second-order valence-corrected chi connectivity index (χ2v) is 6.30. The number of rotatable bonds is 0.